The lowest BCUT2D eigenvalue weighted by Crippen LogP contribution is -2.25. The lowest BCUT2D eigenvalue weighted by atomic mass is 9.79. The third-order valence-corrected chi connectivity index (χ3v) is 3.28. The van der Waals surface area contributed by atoms with Crippen molar-refractivity contribution < 1.29 is 0 Å². The summed E-state index contributed by atoms with van der Waals surface area (Å²) in [6.07, 6.45) is 4.65. The normalized spacial score (nSPS) is 36.2. The van der Waals surface area contributed by atoms with E-state index >= 15 is 0 Å². The van der Waals surface area contributed by atoms with Crippen LogP contribution in [0.2, 0.25) is 0 Å². The largest absolute Gasteiger partial charge is 0.387 e. The summed E-state index contributed by atoms with van der Waals surface area (Å²) in [4.78, 5) is 4.53. The van der Waals surface area contributed by atoms with E-state index in [1.54, 1.807) is 0 Å². The highest BCUT2D eigenvalue weighted by Crippen LogP contribution is 2.30. The Labute approximate surface area is 81.6 Å². The van der Waals surface area contributed by atoms with Gasteiger partial charge in [-0.1, -0.05) is 20.8 Å². The van der Waals surface area contributed by atoms with Crippen molar-refractivity contribution >= 4 is 5.84 Å². The summed E-state index contributed by atoms with van der Waals surface area (Å²) >= 11 is 0. The quantitative estimate of drug-likeness (QED) is 0.517. The van der Waals surface area contributed by atoms with E-state index in [2.05, 4.69) is 25.8 Å². The van der Waals surface area contributed by atoms with Crippen molar-refractivity contribution in [3.05, 3.63) is 0 Å². The van der Waals surface area contributed by atoms with Gasteiger partial charge in [-0.15, -0.1) is 0 Å². The first-order valence-electron chi connectivity index (χ1n) is 5.45. The van der Waals surface area contributed by atoms with Gasteiger partial charge in [-0.3, -0.25) is 4.99 Å². The van der Waals surface area contributed by atoms with Gasteiger partial charge in [-0.05, 0) is 31.1 Å². The predicted octanol–water partition coefficient (Wildman–Crippen LogP) is 2.58. The maximum atomic E-state index is 5.73. The Kier molecular flexibility index (Phi) is 3.76. The van der Waals surface area contributed by atoms with Crippen molar-refractivity contribution in [2.75, 3.05) is 0 Å². The van der Waals surface area contributed by atoms with Gasteiger partial charge in [0, 0.05) is 6.42 Å². The molecule has 0 radical (unpaired) electrons. The van der Waals surface area contributed by atoms with Crippen LogP contribution in [0.1, 0.15) is 46.5 Å². The van der Waals surface area contributed by atoms with Crippen molar-refractivity contribution in [1.82, 2.24) is 0 Å². The minimum atomic E-state index is 0.506. The monoisotopic (exact) mass is 182 g/mol. The van der Waals surface area contributed by atoms with Gasteiger partial charge in [0.15, 0.2) is 0 Å². The van der Waals surface area contributed by atoms with E-state index in [0.29, 0.717) is 6.04 Å². The van der Waals surface area contributed by atoms with E-state index in [4.69, 9.17) is 5.73 Å². The van der Waals surface area contributed by atoms with E-state index in [1.165, 1.54) is 19.3 Å². The molecule has 1 fully saturated rings. The van der Waals surface area contributed by atoms with Crippen LogP contribution >= 0.6 is 0 Å². The zero-order valence-electron chi connectivity index (χ0n) is 9.09. The molecule has 0 spiro atoms. The first-order chi connectivity index (χ1) is 6.13. The molecule has 13 heavy (non-hydrogen) atoms. The van der Waals surface area contributed by atoms with E-state index < -0.39 is 0 Å². The fourth-order valence-electron chi connectivity index (χ4n) is 1.96. The van der Waals surface area contributed by atoms with E-state index in [1.807, 2.05) is 0 Å². The minimum absolute atomic E-state index is 0.506. The van der Waals surface area contributed by atoms with Crippen molar-refractivity contribution in [3.63, 3.8) is 0 Å². The van der Waals surface area contributed by atoms with E-state index in [9.17, 15) is 0 Å². The summed E-state index contributed by atoms with van der Waals surface area (Å²) in [5.41, 5.74) is 5.73. The summed E-state index contributed by atoms with van der Waals surface area (Å²) in [7, 11) is 0. The summed E-state index contributed by atoms with van der Waals surface area (Å²) in [5.74, 6) is 2.51. The second kappa shape index (κ2) is 4.64. The maximum absolute atomic E-state index is 5.73. The molecule has 1 saturated carbocycles. The Morgan fingerprint density at radius 2 is 2.00 bits per heavy atom. The third kappa shape index (κ3) is 3.02. The van der Waals surface area contributed by atoms with Gasteiger partial charge in [0.1, 0.15) is 0 Å². The number of aliphatic imine (C=N–C) groups is 1. The molecule has 3 atom stereocenters. The molecule has 0 bridgehead atoms. The van der Waals surface area contributed by atoms with E-state index in [0.717, 1.165) is 24.1 Å². The molecule has 1 rings (SSSR count). The summed E-state index contributed by atoms with van der Waals surface area (Å²) in [6, 6.07) is 0.506. The molecule has 1 aliphatic carbocycles. The number of amidine groups is 1. The van der Waals surface area contributed by atoms with Crippen LogP contribution in [0.15, 0.2) is 4.99 Å². The van der Waals surface area contributed by atoms with Crippen LogP contribution < -0.4 is 5.73 Å². The van der Waals surface area contributed by atoms with Crippen LogP contribution in [0.4, 0.5) is 0 Å². The maximum Gasteiger partial charge on any atom is 0.0937 e. The third-order valence-electron chi connectivity index (χ3n) is 3.28. The van der Waals surface area contributed by atoms with Gasteiger partial charge in [0.05, 0.1) is 11.9 Å². The Morgan fingerprint density at radius 1 is 1.31 bits per heavy atom. The molecule has 3 unspecified atom stereocenters. The molecule has 0 aromatic carbocycles. The Balaban J connectivity index is 2.46. The van der Waals surface area contributed by atoms with Gasteiger partial charge >= 0.3 is 0 Å². The molecule has 0 saturated heterocycles. The van der Waals surface area contributed by atoms with Crippen molar-refractivity contribution in [2.45, 2.75) is 52.5 Å². The first-order valence-corrected chi connectivity index (χ1v) is 5.45. The van der Waals surface area contributed by atoms with Gasteiger partial charge in [0.25, 0.3) is 0 Å². The lowest BCUT2D eigenvalue weighted by Gasteiger charge is -2.30. The lowest BCUT2D eigenvalue weighted by molar-refractivity contribution is 0.252. The molecule has 2 N–H and O–H groups in total. The molecule has 76 valence electrons. The average Bonchev–Trinajstić information content (AvgIpc) is 2.11. The topological polar surface area (TPSA) is 38.4 Å². The molecular weight excluding hydrogens is 160 g/mol. The van der Waals surface area contributed by atoms with E-state index in [-0.39, 0.29) is 0 Å². The highest BCUT2D eigenvalue weighted by molar-refractivity contribution is 5.80. The van der Waals surface area contributed by atoms with Crippen LogP contribution in [0, 0.1) is 11.8 Å². The van der Waals surface area contributed by atoms with Crippen molar-refractivity contribution in [1.29, 1.82) is 0 Å². The number of hydrogen-bond acceptors (Lipinski definition) is 1. The predicted molar refractivity (Wildman–Crippen MR) is 57.9 cm³/mol. The molecular formula is C11H22N2. The smallest absolute Gasteiger partial charge is 0.0937 e. The average molecular weight is 182 g/mol. The highest BCUT2D eigenvalue weighted by atomic mass is 14.9. The molecule has 0 aliphatic heterocycles. The Bertz CT molecular complexity index is 187. The zero-order chi connectivity index (χ0) is 9.84. The highest BCUT2D eigenvalue weighted by Gasteiger charge is 2.23. The first kappa shape index (κ1) is 10.6. The standard InChI is InChI=1S/C11H22N2/c1-4-11(12)13-10-6-5-8(2)9(3)7-10/h8-10H,4-7H2,1-3H3,(H2,12,13). The summed E-state index contributed by atoms with van der Waals surface area (Å²) in [5, 5.41) is 0. The number of hydrogen-bond donors (Lipinski definition) is 1. The molecule has 0 aromatic heterocycles. The summed E-state index contributed by atoms with van der Waals surface area (Å²) in [6.45, 7) is 6.73. The molecule has 0 heterocycles. The van der Waals surface area contributed by atoms with Gasteiger partial charge in [0.2, 0.25) is 0 Å². The molecule has 0 amide bonds. The second-order valence-corrected chi connectivity index (χ2v) is 4.40. The molecule has 0 aromatic rings. The van der Waals surface area contributed by atoms with Crippen LogP contribution in [-0.4, -0.2) is 11.9 Å². The molecule has 2 heteroatoms. The molecule has 1 aliphatic rings. The summed E-state index contributed by atoms with van der Waals surface area (Å²) < 4.78 is 0. The number of nitrogens with two attached hydrogens (primary N) is 1. The van der Waals surface area contributed by atoms with Crippen molar-refractivity contribution in [2.24, 2.45) is 22.6 Å². The second-order valence-electron chi connectivity index (χ2n) is 4.40. The van der Waals surface area contributed by atoms with Crippen LogP contribution in [0.25, 0.3) is 0 Å². The number of nitrogens with zero attached hydrogens (tertiary/aromatic N) is 1. The van der Waals surface area contributed by atoms with Crippen LogP contribution in [0.5, 0.6) is 0 Å². The minimum Gasteiger partial charge on any atom is -0.387 e. The van der Waals surface area contributed by atoms with Gasteiger partial charge in [-0.25, -0.2) is 0 Å². The van der Waals surface area contributed by atoms with Crippen LogP contribution in [0.3, 0.4) is 0 Å². The Hall–Kier alpha value is -0.530. The SMILES string of the molecule is CCC(N)=NC1CCC(C)C(C)C1. The number of rotatable bonds is 2. The zero-order valence-corrected chi connectivity index (χ0v) is 9.09. The fourth-order valence-corrected chi connectivity index (χ4v) is 1.96. The fraction of sp³-hybridized carbons (Fsp3) is 0.909. The van der Waals surface area contributed by atoms with Gasteiger partial charge in [-0.2, -0.15) is 0 Å². The van der Waals surface area contributed by atoms with Crippen LogP contribution in [-0.2, 0) is 0 Å². The van der Waals surface area contributed by atoms with Crippen molar-refractivity contribution in [3.8, 4) is 0 Å². The van der Waals surface area contributed by atoms with Gasteiger partial charge < -0.3 is 5.73 Å². The Morgan fingerprint density at radius 3 is 2.54 bits per heavy atom. The molecule has 2 nitrogen and oxygen atoms in total.